The zero-order valence-electron chi connectivity index (χ0n) is 12.5. The molecule has 1 heterocycles. The number of nitrogens with two attached hydrogens (primary N) is 1. The molecule has 0 fully saturated rings. The topological polar surface area (TPSA) is 47.6 Å². The number of nitrogen functional groups attached to an aromatic ring is 1. The smallest absolute Gasteiger partial charge is 0.398 e. The predicted molar refractivity (Wildman–Crippen MR) is 82.0 cm³/mol. The molecule has 2 aromatic carbocycles. The van der Waals surface area contributed by atoms with Gasteiger partial charge in [-0.2, -0.15) is 13.2 Å². The first-order valence-corrected chi connectivity index (χ1v) is 7.27. The van der Waals surface area contributed by atoms with Crippen LogP contribution in [-0.2, 0) is 17.4 Å². The molecule has 7 heteroatoms. The SMILES string of the molecule is Nc1ccc(CC2CC(c3ccc(F)cc3)=NO2)cc1C(F)(F)F. The summed E-state index contributed by atoms with van der Waals surface area (Å²) in [5.41, 5.74) is 6.08. The van der Waals surface area contributed by atoms with Crippen molar-refractivity contribution < 1.29 is 22.4 Å². The Kier molecular flexibility index (Phi) is 4.17. The van der Waals surface area contributed by atoms with Gasteiger partial charge >= 0.3 is 6.18 Å². The molecule has 0 spiro atoms. The van der Waals surface area contributed by atoms with Crippen molar-refractivity contribution >= 4 is 11.4 Å². The lowest BCUT2D eigenvalue weighted by Crippen LogP contribution is -2.14. The lowest BCUT2D eigenvalue weighted by atomic mass is 9.98. The van der Waals surface area contributed by atoms with E-state index in [1.165, 1.54) is 18.2 Å². The zero-order valence-corrected chi connectivity index (χ0v) is 12.5. The molecule has 0 radical (unpaired) electrons. The maximum Gasteiger partial charge on any atom is 0.418 e. The first-order valence-electron chi connectivity index (χ1n) is 7.27. The van der Waals surface area contributed by atoms with Gasteiger partial charge in [-0.05, 0) is 35.4 Å². The second kappa shape index (κ2) is 6.14. The summed E-state index contributed by atoms with van der Waals surface area (Å²) in [7, 11) is 0. The van der Waals surface area contributed by atoms with Crippen LogP contribution in [0.25, 0.3) is 0 Å². The average Bonchev–Trinajstić information content (AvgIpc) is 2.97. The fraction of sp³-hybridized carbons (Fsp3) is 0.235. The minimum absolute atomic E-state index is 0.275. The molecule has 0 bridgehead atoms. The molecule has 0 saturated heterocycles. The van der Waals surface area contributed by atoms with Crippen molar-refractivity contribution in [3.63, 3.8) is 0 Å². The maximum atomic E-state index is 12.9. The van der Waals surface area contributed by atoms with Gasteiger partial charge in [0.1, 0.15) is 11.9 Å². The third-order valence-electron chi connectivity index (χ3n) is 3.80. The van der Waals surface area contributed by atoms with E-state index in [0.29, 0.717) is 17.7 Å². The first-order chi connectivity index (χ1) is 11.3. The third-order valence-corrected chi connectivity index (χ3v) is 3.80. The molecule has 3 rings (SSSR count). The van der Waals surface area contributed by atoms with E-state index in [1.54, 1.807) is 18.2 Å². The molecular weight excluding hydrogens is 324 g/mol. The first kappa shape index (κ1) is 16.3. The van der Waals surface area contributed by atoms with Gasteiger partial charge in [-0.25, -0.2) is 4.39 Å². The quantitative estimate of drug-likeness (QED) is 0.675. The highest BCUT2D eigenvalue weighted by Crippen LogP contribution is 2.34. The second-order valence-corrected chi connectivity index (χ2v) is 5.60. The summed E-state index contributed by atoms with van der Waals surface area (Å²) in [6.07, 6.45) is -4.14. The molecular formula is C17H14F4N2O. The van der Waals surface area contributed by atoms with Crippen LogP contribution in [0.3, 0.4) is 0 Å². The Morgan fingerprint density at radius 2 is 1.83 bits per heavy atom. The van der Waals surface area contributed by atoms with Crippen LogP contribution in [0, 0.1) is 5.82 Å². The van der Waals surface area contributed by atoms with Gasteiger partial charge in [-0.3, -0.25) is 0 Å². The molecule has 2 N–H and O–H groups in total. The molecule has 0 aliphatic carbocycles. The van der Waals surface area contributed by atoms with Gasteiger partial charge in [0, 0.05) is 18.5 Å². The van der Waals surface area contributed by atoms with Gasteiger partial charge in [-0.15, -0.1) is 0 Å². The van der Waals surface area contributed by atoms with E-state index in [0.717, 1.165) is 11.6 Å². The molecule has 0 aromatic heterocycles. The summed E-state index contributed by atoms with van der Waals surface area (Å²) in [6, 6.07) is 9.64. The number of rotatable bonds is 3. The van der Waals surface area contributed by atoms with E-state index < -0.39 is 11.7 Å². The fourth-order valence-electron chi connectivity index (χ4n) is 2.59. The Bertz CT molecular complexity index is 769. The Morgan fingerprint density at radius 3 is 2.50 bits per heavy atom. The van der Waals surface area contributed by atoms with E-state index >= 15 is 0 Å². The second-order valence-electron chi connectivity index (χ2n) is 5.60. The zero-order chi connectivity index (χ0) is 17.3. The number of hydrogen-bond donors (Lipinski definition) is 1. The highest BCUT2D eigenvalue weighted by Gasteiger charge is 2.33. The Labute approximate surface area is 135 Å². The van der Waals surface area contributed by atoms with E-state index in [-0.39, 0.29) is 24.0 Å². The van der Waals surface area contributed by atoms with Crippen LogP contribution in [-0.4, -0.2) is 11.8 Å². The van der Waals surface area contributed by atoms with Crippen LogP contribution in [0.4, 0.5) is 23.2 Å². The highest BCUT2D eigenvalue weighted by molar-refractivity contribution is 6.01. The van der Waals surface area contributed by atoms with Gasteiger partial charge < -0.3 is 10.6 Å². The summed E-state index contributed by atoms with van der Waals surface area (Å²) in [5.74, 6) is -0.351. The molecule has 24 heavy (non-hydrogen) atoms. The van der Waals surface area contributed by atoms with Crippen LogP contribution < -0.4 is 5.73 Å². The number of hydrogen-bond acceptors (Lipinski definition) is 3. The van der Waals surface area contributed by atoms with E-state index in [2.05, 4.69) is 5.16 Å². The normalized spacial score (nSPS) is 17.5. The molecule has 0 amide bonds. The number of halogens is 4. The number of nitrogens with zero attached hydrogens (tertiary/aromatic N) is 1. The predicted octanol–water partition coefficient (Wildman–Crippen LogP) is 4.16. The molecule has 1 unspecified atom stereocenters. The standard InChI is InChI=1S/C17H14F4N2O/c18-12-4-2-11(3-5-12)16-9-13(24-23-16)7-10-1-6-15(22)14(8-10)17(19,20)21/h1-6,8,13H,7,9,22H2. The molecule has 1 aliphatic rings. The van der Waals surface area contributed by atoms with Crippen LogP contribution >= 0.6 is 0 Å². The Balaban J connectivity index is 1.70. The van der Waals surface area contributed by atoms with Crippen LogP contribution in [0.15, 0.2) is 47.6 Å². The highest BCUT2D eigenvalue weighted by atomic mass is 19.4. The Hall–Kier alpha value is -2.57. The van der Waals surface area contributed by atoms with Gasteiger partial charge in [0.05, 0.1) is 11.3 Å². The molecule has 1 atom stereocenters. The lowest BCUT2D eigenvalue weighted by molar-refractivity contribution is -0.137. The van der Waals surface area contributed by atoms with Crippen molar-refractivity contribution in [2.45, 2.75) is 25.1 Å². The van der Waals surface area contributed by atoms with E-state index in [1.807, 2.05) is 0 Å². The van der Waals surface area contributed by atoms with Crippen LogP contribution in [0.2, 0.25) is 0 Å². The van der Waals surface area contributed by atoms with Crippen molar-refractivity contribution in [1.29, 1.82) is 0 Å². The summed E-state index contributed by atoms with van der Waals surface area (Å²) in [6.45, 7) is 0. The van der Waals surface area contributed by atoms with E-state index in [4.69, 9.17) is 10.6 Å². The number of oxime groups is 1. The average molecular weight is 338 g/mol. The van der Waals surface area contributed by atoms with Gasteiger partial charge in [0.2, 0.25) is 0 Å². The minimum Gasteiger partial charge on any atom is -0.398 e. The number of benzene rings is 2. The molecule has 0 saturated carbocycles. The van der Waals surface area contributed by atoms with Crippen LogP contribution in [0.5, 0.6) is 0 Å². The number of alkyl halides is 3. The summed E-state index contributed by atoms with van der Waals surface area (Å²) in [5, 5.41) is 3.95. The largest absolute Gasteiger partial charge is 0.418 e. The summed E-state index contributed by atoms with van der Waals surface area (Å²) < 4.78 is 51.6. The van der Waals surface area contributed by atoms with Gasteiger partial charge in [0.25, 0.3) is 0 Å². The minimum atomic E-state index is -4.49. The van der Waals surface area contributed by atoms with Crippen molar-refractivity contribution in [2.24, 2.45) is 5.16 Å². The molecule has 1 aliphatic heterocycles. The van der Waals surface area contributed by atoms with Crippen LogP contribution in [0.1, 0.15) is 23.1 Å². The van der Waals surface area contributed by atoms with Crippen molar-refractivity contribution in [3.8, 4) is 0 Å². The number of anilines is 1. The summed E-state index contributed by atoms with van der Waals surface area (Å²) in [4.78, 5) is 5.29. The van der Waals surface area contributed by atoms with E-state index in [9.17, 15) is 17.6 Å². The molecule has 2 aromatic rings. The Morgan fingerprint density at radius 1 is 1.12 bits per heavy atom. The molecule has 126 valence electrons. The van der Waals surface area contributed by atoms with Crippen molar-refractivity contribution in [1.82, 2.24) is 0 Å². The van der Waals surface area contributed by atoms with Gasteiger partial charge in [0.15, 0.2) is 0 Å². The summed E-state index contributed by atoms with van der Waals surface area (Å²) >= 11 is 0. The van der Waals surface area contributed by atoms with Crippen molar-refractivity contribution in [2.75, 3.05) is 5.73 Å². The third kappa shape index (κ3) is 3.50. The lowest BCUT2D eigenvalue weighted by Gasteiger charge is -2.13. The van der Waals surface area contributed by atoms with Crippen molar-refractivity contribution in [3.05, 3.63) is 65.0 Å². The maximum absolute atomic E-state index is 12.9. The van der Waals surface area contributed by atoms with Gasteiger partial charge in [-0.1, -0.05) is 23.4 Å². The monoisotopic (exact) mass is 338 g/mol. The molecule has 3 nitrogen and oxygen atoms in total. The fourth-order valence-corrected chi connectivity index (χ4v) is 2.59.